The zero-order valence-electron chi connectivity index (χ0n) is 14.6. The Bertz CT molecular complexity index is 531. The monoisotopic (exact) mass is 349 g/mol. The van der Waals surface area contributed by atoms with Crippen molar-refractivity contribution in [2.45, 2.75) is 64.9 Å². The van der Waals surface area contributed by atoms with E-state index < -0.39 is 38.8 Å². The van der Waals surface area contributed by atoms with Gasteiger partial charge in [-0.25, -0.2) is 13.2 Å². The summed E-state index contributed by atoms with van der Waals surface area (Å²) in [7, 11) is -3.44. The van der Waals surface area contributed by atoms with E-state index in [1.165, 1.54) is 6.08 Å². The molecule has 0 heterocycles. The van der Waals surface area contributed by atoms with Crippen LogP contribution < -0.4 is 5.32 Å². The average molecular weight is 349 g/mol. The van der Waals surface area contributed by atoms with Crippen molar-refractivity contribution in [2.75, 3.05) is 6.61 Å². The number of hydrogen-bond acceptors (Lipinski definition) is 6. The van der Waals surface area contributed by atoms with Gasteiger partial charge in [-0.15, -0.1) is 0 Å². The van der Waals surface area contributed by atoms with Crippen molar-refractivity contribution < 1.29 is 27.5 Å². The first-order chi connectivity index (χ1) is 10.4. The van der Waals surface area contributed by atoms with Crippen LogP contribution in [-0.2, 0) is 24.1 Å². The Morgan fingerprint density at radius 3 is 2.22 bits per heavy atom. The van der Waals surface area contributed by atoms with Crippen molar-refractivity contribution in [1.82, 2.24) is 5.32 Å². The lowest BCUT2D eigenvalue weighted by Crippen LogP contribution is -2.39. The first-order valence-corrected chi connectivity index (χ1v) is 9.05. The summed E-state index contributed by atoms with van der Waals surface area (Å²) < 4.78 is 33.6. The number of alkyl carbamates (subject to hydrolysis) is 1. The van der Waals surface area contributed by atoms with E-state index in [1.54, 1.807) is 41.5 Å². The lowest BCUT2D eigenvalue weighted by atomic mass is 10.2. The van der Waals surface area contributed by atoms with Crippen molar-refractivity contribution >= 4 is 21.9 Å². The molecule has 0 aromatic heterocycles. The highest BCUT2D eigenvalue weighted by atomic mass is 32.2. The van der Waals surface area contributed by atoms with Crippen molar-refractivity contribution in [3.05, 3.63) is 11.5 Å². The van der Waals surface area contributed by atoms with Gasteiger partial charge in [-0.2, -0.15) is 0 Å². The van der Waals surface area contributed by atoms with Gasteiger partial charge >= 0.3 is 12.1 Å². The second-order valence-electron chi connectivity index (χ2n) is 6.23. The molecule has 0 saturated heterocycles. The van der Waals surface area contributed by atoms with Gasteiger partial charge in [-0.05, 0) is 41.5 Å². The first-order valence-electron chi connectivity index (χ1n) is 7.44. The number of nitrogens with one attached hydrogen (secondary N) is 1. The fourth-order valence-corrected chi connectivity index (χ4v) is 2.11. The number of hydrogen-bond donors (Lipinski definition) is 1. The molecule has 0 aromatic carbocycles. The maximum absolute atomic E-state index is 11.8. The summed E-state index contributed by atoms with van der Waals surface area (Å²) in [5.41, 5.74) is -0.702. The third-order valence-electron chi connectivity index (χ3n) is 2.55. The Hall–Kier alpha value is -1.57. The normalized spacial score (nSPS) is 13.9. The van der Waals surface area contributed by atoms with Crippen LogP contribution >= 0.6 is 0 Å². The number of rotatable bonds is 7. The van der Waals surface area contributed by atoms with Crippen LogP contribution in [0.5, 0.6) is 0 Å². The molecule has 134 valence electrons. The zero-order chi connectivity index (χ0) is 18.3. The summed E-state index contributed by atoms with van der Waals surface area (Å²) in [4.78, 5) is 23.4. The Balaban J connectivity index is 5.06. The molecular formula is C15H27NO6S. The molecule has 0 bridgehead atoms. The van der Waals surface area contributed by atoms with Crippen LogP contribution in [0.1, 0.15) is 48.0 Å². The van der Waals surface area contributed by atoms with Gasteiger partial charge in [0, 0.05) is 5.41 Å². The molecule has 1 amide bonds. The van der Waals surface area contributed by atoms with Crippen LogP contribution in [0.2, 0.25) is 0 Å². The third-order valence-corrected chi connectivity index (χ3v) is 4.40. The minimum Gasteiger partial charge on any atom is -0.466 e. The third kappa shape index (κ3) is 9.93. The van der Waals surface area contributed by atoms with Gasteiger partial charge in [-0.3, -0.25) is 4.79 Å². The Morgan fingerprint density at radius 1 is 1.22 bits per heavy atom. The summed E-state index contributed by atoms with van der Waals surface area (Å²) in [5.74, 6) is -0.542. The quantitative estimate of drug-likeness (QED) is 0.707. The molecule has 0 fully saturated rings. The molecule has 1 N–H and O–H groups in total. The van der Waals surface area contributed by atoms with Crippen molar-refractivity contribution in [1.29, 1.82) is 0 Å². The second kappa shape index (κ2) is 8.90. The topological polar surface area (TPSA) is 98.8 Å². The summed E-state index contributed by atoms with van der Waals surface area (Å²) in [6.45, 7) is 10.0. The number of ether oxygens (including phenoxy) is 2. The molecule has 0 aliphatic heterocycles. The predicted molar refractivity (Wildman–Crippen MR) is 87.6 cm³/mol. The fraction of sp³-hybridized carbons (Fsp3) is 0.733. The molecule has 0 saturated carbocycles. The molecule has 0 aliphatic carbocycles. The molecule has 0 aliphatic rings. The minimum atomic E-state index is -3.44. The lowest BCUT2D eigenvalue weighted by Gasteiger charge is -2.22. The fourth-order valence-electron chi connectivity index (χ4n) is 1.39. The summed E-state index contributed by atoms with van der Waals surface area (Å²) in [6.07, 6.45) is 0.339. The van der Waals surface area contributed by atoms with Crippen LogP contribution in [0.15, 0.2) is 11.5 Å². The van der Waals surface area contributed by atoms with E-state index in [1.807, 2.05) is 0 Å². The Labute approximate surface area is 138 Å². The van der Waals surface area contributed by atoms with Crippen molar-refractivity contribution in [3.63, 3.8) is 0 Å². The van der Waals surface area contributed by atoms with Gasteiger partial charge in [-0.1, -0.05) is 6.08 Å². The molecule has 0 radical (unpaired) electrons. The zero-order valence-corrected chi connectivity index (χ0v) is 15.4. The van der Waals surface area contributed by atoms with Gasteiger partial charge in [0.2, 0.25) is 0 Å². The smallest absolute Gasteiger partial charge is 0.408 e. The number of sulfone groups is 1. The molecule has 8 heteroatoms. The van der Waals surface area contributed by atoms with E-state index in [0.29, 0.717) is 0 Å². The molecule has 1 atom stereocenters. The van der Waals surface area contributed by atoms with E-state index in [0.717, 1.165) is 5.41 Å². The van der Waals surface area contributed by atoms with Crippen LogP contribution in [-0.4, -0.2) is 44.0 Å². The SMILES string of the molecule is CCOC(=O)CC(C=CS(=O)(=O)C(C)C)NC(=O)OC(C)(C)C. The summed E-state index contributed by atoms with van der Waals surface area (Å²) in [6, 6.07) is -0.836. The minimum absolute atomic E-state index is 0.183. The Morgan fingerprint density at radius 2 is 1.78 bits per heavy atom. The van der Waals surface area contributed by atoms with Crippen LogP contribution in [0.4, 0.5) is 4.79 Å². The maximum atomic E-state index is 11.8. The van der Waals surface area contributed by atoms with E-state index >= 15 is 0 Å². The van der Waals surface area contributed by atoms with Crippen molar-refractivity contribution in [3.8, 4) is 0 Å². The lowest BCUT2D eigenvalue weighted by molar-refractivity contribution is -0.143. The van der Waals surface area contributed by atoms with E-state index in [-0.39, 0.29) is 13.0 Å². The van der Waals surface area contributed by atoms with Crippen molar-refractivity contribution in [2.24, 2.45) is 0 Å². The molecule has 1 unspecified atom stereocenters. The number of carbonyl (C=O) groups excluding carboxylic acids is 2. The van der Waals surface area contributed by atoms with E-state index in [4.69, 9.17) is 9.47 Å². The standard InChI is InChI=1S/C15H27NO6S/c1-7-21-13(17)10-12(8-9-23(19,20)11(2)3)16-14(18)22-15(4,5)6/h8-9,11-12H,7,10H2,1-6H3,(H,16,18). The number of esters is 1. The molecule has 0 rings (SSSR count). The number of amides is 1. The second-order valence-corrected chi connectivity index (χ2v) is 8.62. The van der Waals surface area contributed by atoms with Gasteiger partial charge in [0.05, 0.1) is 24.3 Å². The highest BCUT2D eigenvalue weighted by Gasteiger charge is 2.21. The van der Waals surface area contributed by atoms with Crippen LogP contribution in [0.3, 0.4) is 0 Å². The van der Waals surface area contributed by atoms with Gasteiger partial charge in [0.15, 0.2) is 9.84 Å². The van der Waals surface area contributed by atoms with Gasteiger partial charge in [0.25, 0.3) is 0 Å². The van der Waals surface area contributed by atoms with E-state index in [9.17, 15) is 18.0 Å². The summed E-state index contributed by atoms with van der Waals surface area (Å²) in [5, 5.41) is 2.87. The largest absolute Gasteiger partial charge is 0.466 e. The highest BCUT2D eigenvalue weighted by molar-refractivity contribution is 7.94. The number of carbonyl (C=O) groups is 2. The first kappa shape index (κ1) is 21.4. The summed E-state index contributed by atoms with van der Waals surface area (Å²) >= 11 is 0. The highest BCUT2D eigenvalue weighted by Crippen LogP contribution is 2.09. The Kier molecular flexibility index (Phi) is 8.30. The molecule has 0 spiro atoms. The van der Waals surface area contributed by atoms with Gasteiger partial charge < -0.3 is 14.8 Å². The molecule has 0 aromatic rings. The van der Waals surface area contributed by atoms with Crippen LogP contribution in [0, 0.1) is 0 Å². The molecular weight excluding hydrogens is 322 g/mol. The average Bonchev–Trinajstić information content (AvgIpc) is 2.33. The molecule has 23 heavy (non-hydrogen) atoms. The predicted octanol–water partition coefficient (Wildman–Crippen LogP) is 2.17. The van der Waals surface area contributed by atoms with Gasteiger partial charge in [0.1, 0.15) is 5.60 Å². The van der Waals surface area contributed by atoms with E-state index in [2.05, 4.69) is 5.32 Å². The maximum Gasteiger partial charge on any atom is 0.408 e. The van der Waals surface area contributed by atoms with Crippen LogP contribution in [0.25, 0.3) is 0 Å². The molecule has 7 nitrogen and oxygen atoms in total.